The van der Waals surface area contributed by atoms with Crippen LogP contribution in [0.25, 0.3) is 31.2 Å². The number of thiophene rings is 2. The number of hydrogen-bond acceptors (Lipinski definition) is 5. The third kappa shape index (κ3) is 3.79. The molecule has 4 aromatic rings. The zero-order valence-electron chi connectivity index (χ0n) is 15.1. The normalized spacial score (nSPS) is 11.6. The minimum absolute atomic E-state index is 0.0280. The smallest absolute Gasteiger partial charge is 0.176 e. The summed E-state index contributed by atoms with van der Waals surface area (Å²) in [6.07, 6.45) is 6.09. The average molecular weight is 499 g/mol. The van der Waals surface area contributed by atoms with E-state index in [4.69, 9.17) is 0 Å². The molecule has 0 aliphatic heterocycles. The van der Waals surface area contributed by atoms with E-state index >= 15 is 0 Å². The van der Waals surface area contributed by atoms with Crippen LogP contribution in [0.4, 0.5) is 8.78 Å². The molecule has 1 aromatic carbocycles. The van der Waals surface area contributed by atoms with E-state index in [0.29, 0.717) is 15.9 Å². The van der Waals surface area contributed by atoms with Crippen LogP contribution in [0.3, 0.4) is 0 Å². The molecule has 4 rings (SSSR count). The van der Waals surface area contributed by atoms with Crippen molar-refractivity contribution in [1.29, 1.82) is 0 Å². The number of fused-ring (bicyclic) bond motifs is 1. The van der Waals surface area contributed by atoms with Crippen LogP contribution in [-0.4, -0.2) is 8.75 Å². The Hall–Kier alpha value is -1.22. The van der Waals surface area contributed by atoms with E-state index in [1.54, 1.807) is 11.3 Å². The molecular weight excluding hydrogens is 482 g/mol. The Morgan fingerprint density at radius 2 is 1.57 bits per heavy atom. The van der Waals surface area contributed by atoms with Crippen molar-refractivity contribution in [2.75, 3.05) is 0 Å². The summed E-state index contributed by atoms with van der Waals surface area (Å²) in [5.41, 5.74) is 0.948. The van der Waals surface area contributed by atoms with Crippen LogP contribution in [0.15, 0.2) is 28.7 Å². The number of aryl methyl sites for hydroxylation is 1. The predicted molar refractivity (Wildman–Crippen MR) is 120 cm³/mol. The maximum Gasteiger partial charge on any atom is 0.176 e. The first-order valence-corrected chi connectivity index (χ1v) is 12.2. The molecule has 146 valence electrons. The summed E-state index contributed by atoms with van der Waals surface area (Å²) >= 11 is 7.27. The summed E-state index contributed by atoms with van der Waals surface area (Å²) in [5.74, 6) is -1.81. The van der Waals surface area contributed by atoms with Crippen molar-refractivity contribution in [3.63, 3.8) is 0 Å². The van der Waals surface area contributed by atoms with E-state index in [1.165, 1.54) is 41.9 Å². The van der Waals surface area contributed by atoms with Gasteiger partial charge in [0.05, 0.1) is 21.8 Å². The molecule has 8 heteroatoms. The maximum atomic E-state index is 14.7. The van der Waals surface area contributed by atoms with E-state index < -0.39 is 11.6 Å². The Kier molecular flexibility index (Phi) is 6.20. The van der Waals surface area contributed by atoms with Crippen LogP contribution in [0, 0.1) is 11.6 Å². The van der Waals surface area contributed by atoms with E-state index in [0.717, 1.165) is 27.9 Å². The van der Waals surface area contributed by atoms with E-state index in [2.05, 4.69) is 43.7 Å². The molecule has 0 bridgehead atoms. The first-order valence-electron chi connectivity index (χ1n) is 9.08. The molecule has 0 N–H and O–H groups in total. The van der Waals surface area contributed by atoms with Crippen LogP contribution in [0.2, 0.25) is 0 Å². The van der Waals surface area contributed by atoms with Gasteiger partial charge in [-0.1, -0.05) is 26.2 Å². The topological polar surface area (TPSA) is 25.8 Å². The fourth-order valence-electron chi connectivity index (χ4n) is 3.11. The molecule has 0 atom stereocenters. The molecule has 3 heterocycles. The monoisotopic (exact) mass is 498 g/mol. The molecule has 28 heavy (non-hydrogen) atoms. The van der Waals surface area contributed by atoms with Gasteiger partial charge in [0, 0.05) is 19.5 Å². The first kappa shape index (κ1) is 20.1. The minimum Gasteiger partial charge on any atom is -0.203 e. The SMILES string of the molecule is CCCCCCc1ccc(-c2ccc(-c3c(F)c(F)c(Br)c4nsnc34)s2)s1. The molecule has 0 amide bonds. The second-order valence-corrected chi connectivity index (χ2v) is 10.1. The first-order chi connectivity index (χ1) is 13.6. The number of nitrogens with zero attached hydrogens (tertiary/aromatic N) is 2. The molecule has 0 radical (unpaired) electrons. The summed E-state index contributed by atoms with van der Waals surface area (Å²) in [6, 6.07) is 8.10. The van der Waals surface area contributed by atoms with Crippen LogP contribution in [-0.2, 0) is 6.42 Å². The fourth-order valence-corrected chi connectivity index (χ4v) is 6.42. The Morgan fingerprint density at radius 3 is 2.39 bits per heavy atom. The van der Waals surface area contributed by atoms with E-state index in [-0.39, 0.29) is 10.0 Å². The van der Waals surface area contributed by atoms with Gasteiger partial charge in [-0.25, -0.2) is 8.78 Å². The summed E-state index contributed by atoms with van der Waals surface area (Å²) < 4.78 is 37.4. The van der Waals surface area contributed by atoms with Crippen LogP contribution in [0.1, 0.15) is 37.5 Å². The lowest BCUT2D eigenvalue weighted by molar-refractivity contribution is 0.509. The van der Waals surface area contributed by atoms with Crippen molar-refractivity contribution in [3.8, 4) is 20.2 Å². The largest absolute Gasteiger partial charge is 0.203 e. The third-order valence-electron chi connectivity index (χ3n) is 4.57. The zero-order chi connectivity index (χ0) is 19.7. The molecule has 0 saturated carbocycles. The van der Waals surface area contributed by atoms with Gasteiger partial charge < -0.3 is 0 Å². The van der Waals surface area contributed by atoms with Crippen LogP contribution < -0.4 is 0 Å². The van der Waals surface area contributed by atoms with Gasteiger partial charge in [-0.2, -0.15) is 8.75 Å². The molecular formula is C20H17BrF2N2S3. The van der Waals surface area contributed by atoms with Gasteiger partial charge in [0.2, 0.25) is 0 Å². The molecule has 0 unspecified atom stereocenters. The van der Waals surface area contributed by atoms with Crippen LogP contribution >= 0.6 is 50.3 Å². The van der Waals surface area contributed by atoms with Crippen molar-refractivity contribution in [3.05, 3.63) is 45.2 Å². The van der Waals surface area contributed by atoms with Crippen molar-refractivity contribution in [2.24, 2.45) is 0 Å². The maximum absolute atomic E-state index is 14.7. The second-order valence-electron chi connectivity index (χ2n) is 6.52. The third-order valence-corrected chi connectivity index (χ3v) is 8.27. The summed E-state index contributed by atoms with van der Waals surface area (Å²) in [5, 5.41) is 0. The highest BCUT2D eigenvalue weighted by Gasteiger charge is 2.24. The van der Waals surface area contributed by atoms with Gasteiger partial charge in [-0.15, -0.1) is 22.7 Å². The summed E-state index contributed by atoms with van der Waals surface area (Å²) in [6.45, 7) is 2.22. The van der Waals surface area contributed by atoms with Crippen molar-refractivity contribution in [2.45, 2.75) is 39.0 Å². The lowest BCUT2D eigenvalue weighted by Crippen LogP contribution is -1.93. The van der Waals surface area contributed by atoms with Gasteiger partial charge in [0.1, 0.15) is 11.0 Å². The molecule has 2 nitrogen and oxygen atoms in total. The Balaban J connectivity index is 1.63. The number of benzene rings is 1. The number of hydrogen-bond donors (Lipinski definition) is 0. The van der Waals surface area contributed by atoms with Crippen molar-refractivity contribution in [1.82, 2.24) is 8.75 Å². The van der Waals surface area contributed by atoms with E-state index in [1.807, 2.05) is 12.1 Å². The lowest BCUT2D eigenvalue weighted by Gasteiger charge is -2.04. The summed E-state index contributed by atoms with van der Waals surface area (Å²) in [4.78, 5) is 4.24. The second kappa shape index (κ2) is 8.65. The molecule has 3 aromatic heterocycles. The standard InChI is InChI=1S/C20H17BrF2N2S3/c1-2-3-4-5-6-11-7-8-12(26-11)13-9-10-14(27-13)15-17(22)18(23)16(21)20-19(15)24-28-25-20/h7-10H,2-6H2,1H3. The molecule has 0 saturated heterocycles. The Bertz CT molecular complexity index is 1120. The fraction of sp³-hybridized carbons (Fsp3) is 0.300. The Labute approximate surface area is 182 Å². The van der Waals surface area contributed by atoms with Crippen molar-refractivity contribution < 1.29 is 8.78 Å². The molecule has 0 aliphatic carbocycles. The summed E-state index contributed by atoms with van der Waals surface area (Å²) in [7, 11) is 0. The number of halogens is 3. The highest BCUT2D eigenvalue weighted by molar-refractivity contribution is 9.10. The number of aromatic nitrogens is 2. The zero-order valence-corrected chi connectivity index (χ0v) is 19.1. The molecule has 0 spiro atoms. The van der Waals surface area contributed by atoms with Gasteiger partial charge >= 0.3 is 0 Å². The van der Waals surface area contributed by atoms with Gasteiger partial charge in [-0.3, -0.25) is 0 Å². The predicted octanol–water partition coefficient (Wildman–Crippen LogP) is 8.31. The van der Waals surface area contributed by atoms with E-state index in [9.17, 15) is 8.78 Å². The minimum atomic E-state index is -0.921. The highest BCUT2D eigenvalue weighted by atomic mass is 79.9. The molecule has 0 aliphatic rings. The number of unbranched alkanes of at least 4 members (excludes halogenated alkanes) is 3. The quantitative estimate of drug-likeness (QED) is 0.189. The molecule has 0 fully saturated rings. The highest BCUT2D eigenvalue weighted by Crippen LogP contribution is 2.43. The Morgan fingerprint density at radius 1 is 0.857 bits per heavy atom. The van der Waals surface area contributed by atoms with Gasteiger partial charge in [0.15, 0.2) is 11.6 Å². The van der Waals surface area contributed by atoms with Gasteiger partial charge in [0.25, 0.3) is 0 Å². The van der Waals surface area contributed by atoms with Crippen molar-refractivity contribution >= 4 is 61.4 Å². The lowest BCUT2D eigenvalue weighted by atomic mass is 10.1. The van der Waals surface area contributed by atoms with Gasteiger partial charge in [-0.05, 0) is 53.0 Å². The number of rotatable bonds is 7. The van der Waals surface area contributed by atoms with Crippen LogP contribution in [0.5, 0.6) is 0 Å². The average Bonchev–Trinajstić information content (AvgIpc) is 3.44.